The molecule has 1 unspecified atom stereocenters. The number of carboxylic acid groups (broad SMARTS) is 2. The predicted molar refractivity (Wildman–Crippen MR) is 118 cm³/mol. The first-order valence-corrected chi connectivity index (χ1v) is 10.2. The Morgan fingerprint density at radius 2 is 1.97 bits per heavy atom. The Hall–Kier alpha value is -3.59. The number of carboxylic acids is 2. The second-order valence-corrected chi connectivity index (χ2v) is 7.73. The van der Waals surface area contributed by atoms with Crippen LogP contribution in [0.2, 0.25) is 0 Å². The molecule has 1 heterocycles. The van der Waals surface area contributed by atoms with Gasteiger partial charge < -0.3 is 20.3 Å². The minimum atomic E-state index is -1.11. The molecule has 2 aromatic rings. The number of rotatable bonds is 7. The molecule has 0 aliphatic carbocycles. The van der Waals surface area contributed by atoms with Crippen LogP contribution in [0.25, 0.3) is 6.08 Å². The van der Waals surface area contributed by atoms with Crippen molar-refractivity contribution in [1.29, 1.82) is 0 Å². The summed E-state index contributed by atoms with van der Waals surface area (Å²) in [6.45, 7) is 3.53. The number of aryl methyl sites for hydroxylation is 1. The second-order valence-electron chi connectivity index (χ2n) is 6.70. The Kier molecular flexibility index (Phi) is 6.76. The minimum absolute atomic E-state index is 0.0309. The predicted octanol–water partition coefficient (Wildman–Crippen LogP) is 3.83. The van der Waals surface area contributed by atoms with E-state index in [0.717, 1.165) is 17.3 Å². The highest BCUT2D eigenvalue weighted by Crippen LogP contribution is 2.32. The summed E-state index contributed by atoms with van der Waals surface area (Å²) in [7, 11) is 0. The van der Waals surface area contributed by atoms with Crippen molar-refractivity contribution < 1.29 is 29.3 Å². The molecule has 1 saturated heterocycles. The largest absolute Gasteiger partial charge is 0.479 e. The van der Waals surface area contributed by atoms with Crippen molar-refractivity contribution in [2.24, 2.45) is 4.99 Å². The first-order chi connectivity index (χ1) is 14.8. The summed E-state index contributed by atoms with van der Waals surface area (Å²) >= 11 is 1.06. The fraction of sp³-hybridized carbons (Fsp3) is 0.182. The molecule has 2 aromatic carbocycles. The van der Waals surface area contributed by atoms with Gasteiger partial charge in [0.2, 0.25) is 0 Å². The highest BCUT2D eigenvalue weighted by atomic mass is 32.2. The van der Waals surface area contributed by atoms with Crippen LogP contribution < -0.4 is 10.1 Å². The molecule has 1 fully saturated rings. The molecule has 0 bridgehead atoms. The lowest BCUT2D eigenvalue weighted by atomic mass is 10.1. The fourth-order valence-corrected chi connectivity index (χ4v) is 3.64. The van der Waals surface area contributed by atoms with Gasteiger partial charge in [0.25, 0.3) is 5.91 Å². The topological polar surface area (TPSA) is 125 Å². The summed E-state index contributed by atoms with van der Waals surface area (Å²) in [5, 5.41) is 21.5. The number of thioether (sulfide) groups is 1. The number of hydrogen-bond donors (Lipinski definition) is 3. The van der Waals surface area contributed by atoms with Crippen LogP contribution in [0.4, 0.5) is 5.69 Å². The number of amidine groups is 1. The lowest BCUT2D eigenvalue weighted by Gasteiger charge is -2.15. The maximum Gasteiger partial charge on any atom is 0.344 e. The van der Waals surface area contributed by atoms with Gasteiger partial charge in [-0.25, -0.2) is 14.6 Å². The second kappa shape index (κ2) is 9.48. The van der Waals surface area contributed by atoms with Gasteiger partial charge in [0.15, 0.2) is 11.3 Å². The van der Waals surface area contributed by atoms with Crippen molar-refractivity contribution in [3.05, 3.63) is 64.1 Å². The third-order valence-electron chi connectivity index (χ3n) is 4.38. The molecule has 31 heavy (non-hydrogen) atoms. The number of ether oxygens (including phenoxy) is 1. The van der Waals surface area contributed by atoms with E-state index in [1.165, 1.54) is 6.07 Å². The van der Waals surface area contributed by atoms with Crippen molar-refractivity contribution in [3.63, 3.8) is 0 Å². The van der Waals surface area contributed by atoms with Crippen LogP contribution in [0.1, 0.15) is 34.8 Å². The quantitative estimate of drug-likeness (QED) is 0.559. The molecule has 1 aliphatic rings. The third kappa shape index (κ3) is 5.32. The lowest BCUT2D eigenvalue weighted by molar-refractivity contribution is -0.145. The van der Waals surface area contributed by atoms with Gasteiger partial charge in [0.05, 0.1) is 16.2 Å². The number of amides is 1. The average Bonchev–Trinajstić information content (AvgIpc) is 3.05. The van der Waals surface area contributed by atoms with Gasteiger partial charge in [-0.1, -0.05) is 31.2 Å². The molecule has 0 radical (unpaired) electrons. The highest BCUT2D eigenvalue weighted by molar-refractivity contribution is 8.18. The van der Waals surface area contributed by atoms with E-state index in [4.69, 9.17) is 4.74 Å². The van der Waals surface area contributed by atoms with Crippen LogP contribution in [-0.4, -0.2) is 39.3 Å². The van der Waals surface area contributed by atoms with Crippen LogP contribution in [0, 0.1) is 6.92 Å². The molecule has 0 saturated carbocycles. The Morgan fingerprint density at radius 1 is 1.23 bits per heavy atom. The van der Waals surface area contributed by atoms with Crippen LogP contribution >= 0.6 is 11.8 Å². The summed E-state index contributed by atoms with van der Waals surface area (Å²) in [6, 6.07) is 11.6. The monoisotopic (exact) mass is 440 g/mol. The zero-order chi connectivity index (χ0) is 22.5. The first-order valence-electron chi connectivity index (χ1n) is 9.40. The number of benzene rings is 2. The highest BCUT2D eigenvalue weighted by Gasteiger charge is 2.25. The Bertz CT molecular complexity index is 1110. The van der Waals surface area contributed by atoms with Crippen molar-refractivity contribution in [2.45, 2.75) is 26.4 Å². The number of aromatic carboxylic acids is 1. The first kappa shape index (κ1) is 22.1. The molecule has 3 N–H and O–H groups in total. The van der Waals surface area contributed by atoms with E-state index >= 15 is 0 Å². The maximum absolute atomic E-state index is 12.4. The van der Waals surface area contributed by atoms with Crippen LogP contribution in [0.15, 0.2) is 52.4 Å². The number of nitrogens with one attached hydrogen (secondary N) is 1. The van der Waals surface area contributed by atoms with E-state index in [-0.39, 0.29) is 22.8 Å². The van der Waals surface area contributed by atoms with E-state index < -0.39 is 23.9 Å². The van der Waals surface area contributed by atoms with Gasteiger partial charge in [-0.15, -0.1) is 0 Å². The smallest absolute Gasteiger partial charge is 0.344 e. The molecular formula is C22H20N2O6S. The average molecular weight is 440 g/mol. The number of aliphatic carboxylic acids is 1. The van der Waals surface area contributed by atoms with Crippen molar-refractivity contribution >= 4 is 46.5 Å². The molecule has 160 valence electrons. The van der Waals surface area contributed by atoms with E-state index in [9.17, 15) is 24.6 Å². The third-order valence-corrected chi connectivity index (χ3v) is 5.29. The molecular weight excluding hydrogens is 420 g/mol. The normalized spacial score (nSPS) is 16.9. The van der Waals surface area contributed by atoms with Gasteiger partial charge in [-0.05, 0) is 54.9 Å². The molecule has 1 aliphatic heterocycles. The number of nitrogens with zero attached hydrogens (tertiary/aromatic N) is 1. The summed E-state index contributed by atoms with van der Waals surface area (Å²) in [5.74, 6) is -2.23. The number of para-hydroxylation sites is 1. The van der Waals surface area contributed by atoms with Crippen molar-refractivity contribution in [1.82, 2.24) is 5.32 Å². The zero-order valence-electron chi connectivity index (χ0n) is 16.8. The van der Waals surface area contributed by atoms with Crippen LogP contribution in [0.3, 0.4) is 0 Å². The molecule has 1 atom stereocenters. The summed E-state index contributed by atoms with van der Waals surface area (Å²) in [6.07, 6.45) is 0.868. The minimum Gasteiger partial charge on any atom is -0.479 e. The molecule has 3 rings (SSSR count). The van der Waals surface area contributed by atoms with E-state index in [1.54, 1.807) is 49.4 Å². The van der Waals surface area contributed by atoms with Crippen molar-refractivity contribution in [2.75, 3.05) is 0 Å². The van der Waals surface area contributed by atoms with Gasteiger partial charge >= 0.3 is 11.9 Å². The SMILES string of the molecule is CCC(Oc1ccccc1/C=C1\SC(=Nc2cc(C)ccc2C(=O)O)NC1=O)C(=O)O. The van der Waals surface area contributed by atoms with Gasteiger partial charge in [-0.3, -0.25) is 4.79 Å². The van der Waals surface area contributed by atoms with Gasteiger partial charge in [-0.2, -0.15) is 0 Å². The Morgan fingerprint density at radius 3 is 2.65 bits per heavy atom. The summed E-state index contributed by atoms with van der Waals surface area (Å²) in [4.78, 5) is 39.8. The Labute approximate surface area is 182 Å². The standard InChI is InChI=1S/C22H20N2O6S/c1-3-16(21(28)29)30-17-7-5-4-6-13(17)11-18-19(25)24-22(31-18)23-15-10-12(2)8-9-14(15)20(26)27/h4-11,16H,3H2,1-2H3,(H,26,27)(H,28,29)(H,23,24,25)/b18-11-. The number of aliphatic imine (C=N–C) groups is 1. The summed E-state index contributed by atoms with van der Waals surface area (Å²) < 4.78 is 5.60. The summed E-state index contributed by atoms with van der Waals surface area (Å²) in [5.41, 5.74) is 1.66. The van der Waals surface area contributed by atoms with Gasteiger partial charge in [0, 0.05) is 5.56 Å². The van der Waals surface area contributed by atoms with E-state index in [0.29, 0.717) is 16.2 Å². The molecule has 1 amide bonds. The lowest BCUT2D eigenvalue weighted by Crippen LogP contribution is -2.26. The molecule has 8 nitrogen and oxygen atoms in total. The van der Waals surface area contributed by atoms with Gasteiger partial charge in [0.1, 0.15) is 5.75 Å². The van der Waals surface area contributed by atoms with E-state index in [1.807, 2.05) is 6.92 Å². The zero-order valence-corrected chi connectivity index (χ0v) is 17.6. The number of carbonyl (C=O) groups is 3. The molecule has 0 aromatic heterocycles. The number of carbonyl (C=O) groups excluding carboxylic acids is 1. The number of hydrogen-bond acceptors (Lipinski definition) is 6. The van der Waals surface area contributed by atoms with Crippen LogP contribution in [0.5, 0.6) is 5.75 Å². The van der Waals surface area contributed by atoms with Crippen molar-refractivity contribution in [3.8, 4) is 5.75 Å². The molecule has 9 heteroatoms. The van der Waals surface area contributed by atoms with Crippen LogP contribution in [-0.2, 0) is 9.59 Å². The molecule has 0 spiro atoms. The van der Waals surface area contributed by atoms with E-state index in [2.05, 4.69) is 10.3 Å². The maximum atomic E-state index is 12.4. The fourth-order valence-electron chi connectivity index (χ4n) is 2.81. The Balaban J connectivity index is 1.90.